The molecule has 0 N–H and O–H groups in total. The Morgan fingerprint density at radius 3 is 2.75 bits per heavy atom. The van der Waals surface area contributed by atoms with Crippen LogP contribution in [0.1, 0.15) is 25.8 Å². The van der Waals surface area contributed by atoms with Crippen LogP contribution in [0.3, 0.4) is 0 Å². The van der Waals surface area contributed by atoms with Crippen molar-refractivity contribution in [1.82, 2.24) is 0 Å². The van der Waals surface area contributed by atoms with E-state index in [0.717, 1.165) is 16.9 Å². The van der Waals surface area contributed by atoms with Gasteiger partial charge in [-0.15, -0.1) is 0 Å². The maximum Gasteiger partial charge on any atom is 0.0530 e. The normalized spacial score (nSPS) is 13.0. The number of hydrogen-bond acceptors (Lipinski definition) is 2. The van der Waals surface area contributed by atoms with Gasteiger partial charge in [-0.25, -0.2) is 0 Å². The Bertz CT molecular complexity index is 348. The summed E-state index contributed by atoms with van der Waals surface area (Å²) in [4.78, 5) is 0.921. The average molecular weight is 240 g/mol. The molecule has 0 aliphatic heterocycles. The molecule has 0 fully saturated rings. The van der Waals surface area contributed by atoms with E-state index in [0.29, 0.717) is 12.4 Å². The molecule has 0 saturated carbocycles. The molecule has 1 atom stereocenters. The van der Waals surface area contributed by atoms with Crippen molar-refractivity contribution in [3.05, 3.63) is 29.8 Å². The van der Waals surface area contributed by atoms with Crippen LogP contribution in [0.4, 0.5) is 0 Å². The molecule has 0 radical (unpaired) electrons. The maximum absolute atomic E-state index is 11.9. The standard InChI is InChI=1S/C13H20O2S/c1-11(2)15-8-5-9-16(14)13-7-4-6-12(3)10-13/h4,6-7,10-11H,5,8-9H2,1-3H3/t16-/m0/s1. The van der Waals surface area contributed by atoms with Crippen LogP contribution in [0, 0.1) is 6.92 Å². The second-order valence-electron chi connectivity index (χ2n) is 4.14. The van der Waals surface area contributed by atoms with Gasteiger partial charge >= 0.3 is 0 Å². The summed E-state index contributed by atoms with van der Waals surface area (Å²) in [5, 5.41) is 0. The lowest BCUT2D eigenvalue weighted by Gasteiger charge is -2.07. The highest BCUT2D eigenvalue weighted by molar-refractivity contribution is 7.85. The molecule has 3 heteroatoms. The number of ether oxygens (including phenoxy) is 1. The van der Waals surface area contributed by atoms with E-state index in [2.05, 4.69) is 0 Å². The fraction of sp³-hybridized carbons (Fsp3) is 0.538. The Morgan fingerprint density at radius 2 is 2.12 bits per heavy atom. The molecular formula is C13H20O2S. The fourth-order valence-corrected chi connectivity index (χ4v) is 2.55. The van der Waals surface area contributed by atoms with Crippen molar-refractivity contribution >= 4 is 10.8 Å². The minimum absolute atomic E-state index is 0.257. The van der Waals surface area contributed by atoms with Crippen LogP contribution in [0.15, 0.2) is 29.2 Å². The third-order valence-corrected chi connectivity index (χ3v) is 3.62. The van der Waals surface area contributed by atoms with Gasteiger partial charge in [-0.05, 0) is 44.9 Å². The quantitative estimate of drug-likeness (QED) is 0.715. The van der Waals surface area contributed by atoms with E-state index in [1.165, 1.54) is 0 Å². The van der Waals surface area contributed by atoms with E-state index in [1.54, 1.807) is 0 Å². The van der Waals surface area contributed by atoms with Crippen LogP contribution in [-0.2, 0) is 15.5 Å². The smallest absolute Gasteiger partial charge is 0.0530 e. The van der Waals surface area contributed by atoms with E-state index >= 15 is 0 Å². The predicted octanol–water partition coefficient (Wildman–Crippen LogP) is 2.92. The molecule has 0 bridgehead atoms. The lowest BCUT2D eigenvalue weighted by Crippen LogP contribution is -2.07. The van der Waals surface area contributed by atoms with Gasteiger partial charge in [-0.2, -0.15) is 0 Å². The molecule has 0 spiro atoms. The summed E-state index contributed by atoms with van der Waals surface area (Å²) in [5.41, 5.74) is 1.16. The summed E-state index contributed by atoms with van der Waals surface area (Å²) < 4.78 is 17.3. The number of hydrogen-bond donors (Lipinski definition) is 0. The third kappa shape index (κ3) is 4.90. The van der Waals surface area contributed by atoms with E-state index in [1.807, 2.05) is 45.0 Å². The van der Waals surface area contributed by atoms with Crippen LogP contribution in [0.25, 0.3) is 0 Å². The summed E-state index contributed by atoms with van der Waals surface area (Å²) >= 11 is 0. The molecule has 0 unspecified atom stereocenters. The van der Waals surface area contributed by atoms with Gasteiger partial charge in [0.1, 0.15) is 0 Å². The van der Waals surface area contributed by atoms with E-state index in [4.69, 9.17) is 4.74 Å². The van der Waals surface area contributed by atoms with Crippen LogP contribution in [-0.4, -0.2) is 22.7 Å². The monoisotopic (exact) mass is 240 g/mol. The molecule has 0 aliphatic rings. The van der Waals surface area contributed by atoms with Crippen LogP contribution in [0.2, 0.25) is 0 Å². The molecule has 1 aromatic rings. The van der Waals surface area contributed by atoms with Crippen molar-refractivity contribution in [2.45, 2.75) is 38.2 Å². The lowest BCUT2D eigenvalue weighted by molar-refractivity contribution is 0.0798. The molecule has 0 aromatic heterocycles. The molecule has 0 amide bonds. The van der Waals surface area contributed by atoms with Gasteiger partial charge in [0.2, 0.25) is 0 Å². The highest BCUT2D eigenvalue weighted by Gasteiger charge is 2.03. The highest BCUT2D eigenvalue weighted by Crippen LogP contribution is 2.10. The Kier molecular flexibility index (Phi) is 5.71. The highest BCUT2D eigenvalue weighted by atomic mass is 32.2. The van der Waals surface area contributed by atoms with Crippen molar-refractivity contribution in [2.24, 2.45) is 0 Å². The summed E-state index contributed by atoms with van der Waals surface area (Å²) in [7, 11) is -0.888. The Hall–Kier alpha value is -0.670. The Labute approximate surface area is 100 Å². The van der Waals surface area contributed by atoms with Crippen molar-refractivity contribution in [2.75, 3.05) is 12.4 Å². The zero-order chi connectivity index (χ0) is 12.0. The second-order valence-corrected chi connectivity index (χ2v) is 5.71. The first-order valence-corrected chi connectivity index (χ1v) is 6.98. The van der Waals surface area contributed by atoms with E-state index in [9.17, 15) is 4.21 Å². The van der Waals surface area contributed by atoms with Crippen molar-refractivity contribution in [3.63, 3.8) is 0 Å². The average Bonchev–Trinajstić information content (AvgIpc) is 2.24. The molecular weight excluding hydrogens is 220 g/mol. The van der Waals surface area contributed by atoms with Crippen molar-refractivity contribution < 1.29 is 8.95 Å². The zero-order valence-electron chi connectivity index (χ0n) is 10.2. The van der Waals surface area contributed by atoms with Crippen LogP contribution < -0.4 is 0 Å². The topological polar surface area (TPSA) is 26.3 Å². The SMILES string of the molecule is Cc1cccc([S@@](=O)CCCOC(C)C)c1. The molecule has 1 aromatic carbocycles. The Morgan fingerprint density at radius 1 is 1.38 bits per heavy atom. The number of benzene rings is 1. The van der Waals surface area contributed by atoms with Crippen LogP contribution >= 0.6 is 0 Å². The summed E-state index contributed by atoms with van der Waals surface area (Å²) in [6.45, 7) is 6.73. The van der Waals surface area contributed by atoms with Gasteiger partial charge in [-0.3, -0.25) is 4.21 Å². The minimum atomic E-state index is -0.888. The van der Waals surface area contributed by atoms with Crippen LogP contribution in [0.5, 0.6) is 0 Å². The van der Waals surface area contributed by atoms with Gasteiger partial charge in [0.25, 0.3) is 0 Å². The number of rotatable bonds is 6. The van der Waals surface area contributed by atoms with Gasteiger partial charge in [0.15, 0.2) is 0 Å². The molecule has 0 saturated heterocycles. The van der Waals surface area contributed by atoms with Gasteiger partial charge in [0.05, 0.1) is 16.9 Å². The fourth-order valence-electron chi connectivity index (χ4n) is 1.38. The lowest BCUT2D eigenvalue weighted by atomic mass is 10.2. The van der Waals surface area contributed by atoms with E-state index < -0.39 is 10.8 Å². The minimum Gasteiger partial charge on any atom is -0.379 e. The molecule has 2 nitrogen and oxygen atoms in total. The van der Waals surface area contributed by atoms with Gasteiger partial charge < -0.3 is 4.74 Å². The third-order valence-electron chi connectivity index (χ3n) is 2.18. The predicted molar refractivity (Wildman–Crippen MR) is 68.2 cm³/mol. The zero-order valence-corrected chi connectivity index (χ0v) is 11.0. The Balaban J connectivity index is 2.35. The molecule has 0 heterocycles. The summed E-state index contributed by atoms with van der Waals surface area (Å²) in [6.07, 6.45) is 1.10. The molecule has 16 heavy (non-hydrogen) atoms. The number of aryl methyl sites for hydroxylation is 1. The summed E-state index contributed by atoms with van der Waals surface area (Å²) in [6, 6.07) is 7.88. The van der Waals surface area contributed by atoms with Gasteiger partial charge in [0, 0.05) is 17.3 Å². The largest absolute Gasteiger partial charge is 0.379 e. The molecule has 1 rings (SSSR count). The molecule has 90 valence electrons. The van der Waals surface area contributed by atoms with Gasteiger partial charge in [-0.1, -0.05) is 12.1 Å². The van der Waals surface area contributed by atoms with E-state index in [-0.39, 0.29) is 6.10 Å². The van der Waals surface area contributed by atoms with Crippen molar-refractivity contribution in [1.29, 1.82) is 0 Å². The summed E-state index contributed by atoms with van der Waals surface area (Å²) in [5.74, 6) is 0.677. The second kappa shape index (κ2) is 6.81. The maximum atomic E-state index is 11.9. The first-order chi connectivity index (χ1) is 7.59. The van der Waals surface area contributed by atoms with Crippen molar-refractivity contribution in [3.8, 4) is 0 Å². The first kappa shape index (κ1) is 13.4. The molecule has 0 aliphatic carbocycles. The first-order valence-electron chi connectivity index (χ1n) is 5.66.